The van der Waals surface area contributed by atoms with E-state index in [9.17, 15) is 9.18 Å². The van der Waals surface area contributed by atoms with Crippen LogP contribution in [0, 0.1) is 19.7 Å². The number of aromatic nitrogens is 3. The summed E-state index contributed by atoms with van der Waals surface area (Å²) in [5.74, 6) is -0.363. The Morgan fingerprint density at radius 3 is 2.58 bits per heavy atom. The molecule has 122 valence electrons. The van der Waals surface area contributed by atoms with E-state index in [2.05, 4.69) is 10.1 Å². The van der Waals surface area contributed by atoms with E-state index in [1.165, 1.54) is 29.5 Å². The third-order valence-electron chi connectivity index (χ3n) is 3.77. The van der Waals surface area contributed by atoms with E-state index in [1.54, 1.807) is 22.9 Å². The smallest absolute Gasteiger partial charge is 0.189 e. The number of carbonyl (C=O) groups excluding carboxylic acids is 1. The van der Waals surface area contributed by atoms with Gasteiger partial charge in [0.05, 0.1) is 17.0 Å². The number of benzene rings is 1. The van der Waals surface area contributed by atoms with E-state index in [-0.39, 0.29) is 11.6 Å². The minimum atomic E-state index is -0.275. The molecule has 2 aromatic heterocycles. The van der Waals surface area contributed by atoms with Crippen molar-refractivity contribution in [2.45, 2.75) is 13.8 Å². The van der Waals surface area contributed by atoms with Crippen molar-refractivity contribution in [1.29, 1.82) is 0 Å². The predicted octanol–water partition coefficient (Wildman–Crippen LogP) is 4.20. The van der Waals surface area contributed by atoms with Gasteiger partial charge in [-0.15, -0.1) is 11.3 Å². The zero-order valence-corrected chi connectivity index (χ0v) is 14.4. The first-order chi connectivity index (χ1) is 11.5. The van der Waals surface area contributed by atoms with Crippen molar-refractivity contribution in [3.63, 3.8) is 0 Å². The number of hydrogen-bond donors (Lipinski definition) is 0. The Bertz CT molecular complexity index is 922. The Hall–Kier alpha value is -2.60. The maximum absolute atomic E-state index is 13.0. The number of thiazole rings is 1. The molecule has 2 heterocycles. The van der Waals surface area contributed by atoms with Gasteiger partial charge in [-0.25, -0.2) is 9.37 Å². The van der Waals surface area contributed by atoms with Crippen molar-refractivity contribution in [2.75, 3.05) is 0 Å². The van der Waals surface area contributed by atoms with Crippen LogP contribution >= 0.6 is 11.3 Å². The molecule has 0 aliphatic rings. The molecule has 0 radical (unpaired) electrons. The van der Waals surface area contributed by atoms with Crippen LogP contribution in [0.4, 0.5) is 4.39 Å². The summed E-state index contributed by atoms with van der Waals surface area (Å²) in [6.07, 6.45) is 3.21. The molecule has 3 rings (SSSR count). The van der Waals surface area contributed by atoms with Gasteiger partial charge >= 0.3 is 0 Å². The zero-order chi connectivity index (χ0) is 17.3. The van der Waals surface area contributed by atoms with Gasteiger partial charge in [-0.1, -0.05) is 0 Å². The predicted molar refractivity (Wildman–Crippen MR) is 93.6 cm³/mol. The fraction of sp³-hybridized carbons (Fsp3) is 0.167. The third-order valence-corrected chi connectivity index (χ3v) is 4.68. The molecule has 0 amide bonds. The summed E-state index contributed by atoms with van der Waals surface area (Å²) in [5.41, 5.74) is 3.74. The maximum atomic E-state index is 13.0. The summed E-state index contributed by atoms with van der Waals surface area (Å²) in [4.78, 5) is 16.8. The highest BCUT2D eigenvalue weighted by atomic mass is 32.1. The normalized spacial score (nSPS) is 11.3. The van der Waals surface area contributed by atoms with Crippen LogP contribution in [0.15, 0.2) is 35.7 Å². The molecule has 0 spiro atoms. The second kappa shape index (κ2) is 6.49. The molecule has 4 nitrogen and oxygen atoms in total. The second-order valence-corrected chi connectivity index (χ2v) is 6.31. The van der Waals surface area contributed by atoms with Gasteiger partial charge in [-0.2, -0.15) is 5.10 Å². The number of allylic oxidation sites excluding steroid dienone is 1. The summed E-state index contributed by atoms with van der Waals surface area (Å²) in [5, 5.41) is 6.91. The van der Waals surface area contributed by atoms with Crippen molar-refractivity contribution in [1.82, 2.24) is 14.8 Å². The van der Waals surface area contributed by atoms with Gasteiger partial charge in [-0.3, -0.25) is 9.48 Å². The first-order valence-corrected chi connectivity index (χ1v) is 8.27. The van der Waals surface area contributed by atoms with Gasteiger partial charge in [-0.05, 0) is 50.3 Å². The van der Waals surface area contributed by atoms with Crippen molar-refractivity contribution < 1.29 is 9.18 Å². The van der Waals surface area contributed by atoms with Crippen LogP contribution in [0.5, 0.6) is 0 Å². The molecular weight excluding hydrogens is 325 g/mol. The molecule has 0 aliphatic heterocycles. The topological polar surface area (TPSA) is 47.8 Å². The van der Waals surface area contributed by atoms with Gasteiger partial charge in [0.15, 0.2) is 5.78 Å². The number of nitrogens with zero attached hydrogens (tertiary/aromatic N) is 3. The lowest BCUT2D eigenvalue weighted by Crippen LogP contribution is -1.99. The van der Waals surface area contributed by atoms with Crippen LogP contribution in [0.3, 0.4) is 0 Å². The fourth-order valence-electron chi connectivity index (χ4n) is 2.46. The Kier molecular flexibility index (Phi) is 4.40. The van der Waals surface area contributed by atoms with Crippen LogP contribution in [0.1, 0.15) is 27.4 Å². The highest BCUT2D eigenvalue weighted by molar-refractivity contribution is 7.13. The van der Waals surface area contributed by atoms with E-state index in [1.807, 2.05) is 26.3 Å². The molecule has 0 fully saturated rings. The number of ketones is 1. The highest BCUT2D eigenvalue weighted by Crippen LogP contribution is 2.24. The summed E-state index contributed by atoms with van der Waals surface area (Å²) in [6.45, 7) is 3.69. The molecule has 6 heteroatoms. The maximum Gasteiger partial charge on any atom is 0.189 e. The lowest BCUT2D eigenvalue weighted by Gasteiger charge is -1.96. The molecule has 0 N–H and O–H groups in total. The van der Waals surface area contributed by atoms with Gasteiger partial charge < -0.3 is 0 Å². The Labute approximate surface area is 143 Å². The Morgan fingerprint density at radius 1 is 1.25 bits per heavy atom. The van der Waals surface area contributed by atoms with Crippen molar-refractivity contribution in [2.24, 2.45) is 7.05 Å². The molecule has 1 aromatic carbocycles. The first kappa shape index (κ1) is 16.3. The van der Waals surface area contributed by atoms with Crippen molar-refractivity contribution >= 4 is 23.2 Å². The molecule has 3 aromatic rings. The lowest BCUT2D eigenvalue weighted by atomic mass is 10.1. The van der Waals surface area contributed by atoms with Gasteiger partial charge in [0, 0.05) is 23.7 Å². The number of hydrogen-bond acceptors (Lipinski definition) is 4. The average Bonchev–Trinajstić information content (AvgIpc) is 3.11. The van der Waals surface area contributed by atoms with Crippen LogP contribution < -0.4 is 0 Å². The lowest BCUT2D eigenvalue weighted by molar-refractivity contribution is 0.104. The minimum Gasteiger partial charge on any atom is -0.289 e. The molecule has 0 atom stereocenters. The van der Waals surface area contributed by atoms with Gasteiger partial charge in [0.1, 0.15) is 10.8 Å². The molecule has 0 saturated heterocycles. The van der Waals surface area contributed by atoms with Crippen LogP contribution in [0.25, 0.3) is 16.6 Å². The summed E-state index contributed by atoms with van der Waals surface area (Å²) in [6, 6.07) is 6.19. The van der Waals surface area contributed by atoms with E-state index >= 15 is 0 Å². The summed E-state index contributed by atoms with van der Waals surface area (Å²) in [7, 11) is 1.82. The van der Waals surface area contributed by atoms with E-state index in [0.29, 0.717) is 11.3 Å². The molecule has 24 heavy (non-hydrogen) atoms. The number of carbonyl (C=O) groups is 1. The van der Waals surface area contributed by atoms with Crippen LogP contribution in [0.2, 0.25) is 0 Å². The largest absolute Gasteiger partial charge is 0.289 e. The van der Waals surface area contributed by atoms with Gasteiger partial charge in [0.25, 0.3) is 0 Å². The molecule has 0 unspecified atom stereocenters. The average molecular weight is 341 g/mol. The van der Waals surface area contributed by atoms with Crippen molar-refractivity contribution in [3.8, 4) is 10.6 Å². The molecule has 0 bridgehead atoms. The highest BCUT2D eigenvalue weighted by Gasteiger charge is 2.15. The number of aryl methyl sites for hydroxylation is 2. The summed E-state index contributed by atoms with van der Waals surface area (Å²) >= 11 is 1.45. The van der Waals surface area contributed by atoms with E-state index in [4.69, 9.17) is 0 Å². The quantitative estimate of drug-likeness (QED) is 0.528. The van der Waals surface area contributed by atoms with Crippen LogP contribution in [-0.4, -0.2) is 20.5 Å². The second-order valence-electron chi connectivity index (χ2n) is 5.45. The fourth-order valence-corrected chi connectivity index (χ4v) is 3.26. The standard InChI is InChI=1S/C18H16FN3OS/c1-11-17(12(2)22(3)21-11)16(23)9-8-15-10-24-18(20-15)13-4-6-14(19)7-5-13/h4-10H,1-3H3. The summed E-state index contributed by atoms with van der Waals surface area (Å²) < 4.78 is 14.7. The van der Waals surface area contributed by atoms with E-state index in [0.717, 1.165) is 22.0 Å². The Balaban J connectivity index is 1.80. The van der Waals surface area contributed by atoms with Crippen molar-refractivity contribution in [3.05, 3.63) is 64.2 Å². The molecule has 0 saturated carbocycles. The third kappa shape index (κ3) is 3.19. The van der Waals surface area contributed by atoms with E-state index < -0.39 is 0 Å². The number of rotatable bonds is 4. The molecular formula is C18H16FN3OS. The first-order valence-electron chi connectivity index (χ1n) is 7.40. The number of halogens is 1. The zero-order valence-electron chi connectivity index (χ0n) is 13.6. The SMILES string of the molecule is Cc1nn(C)c(C)c1C(=O)C=Cc1csc(-c2ccc(F)cc2)n1. The van der Waals surface area contributed by atoms with Crippen LogP contribution in [-0.2, 0) is 7.05 Å². The Morgan fingerprint density at radius 2 is 1.96 bits per heavy atom. The molecule has 0 aliphatic carbocycles. The monoisotopic (exact) mass is 341 g/mol. The minimum absolute atomic E-state index is 0.0885. The van der Waals surface area contributed by atoms with Gasteiger partial charge in [0.2, 0.25) is 0 Å².